The van der Waals surface area contributed by atoms with Crippen LogP contribution in [0.15, 0.2) is 85.2 Å². The Balaban J connectivity index is 0.000000169. The third-order valence-corrected chi connectivity index (χ3v) is 9.82. The molecular weight excluding hydrogens is 717 g/mol. The summed E-state index contributed by atoms with van der Waals surface area (Å²) in [7, 11) is 3.13. The van der Waals surface area contributed by atoms with Gasteiger partial charge in [0.1, 0.15) is 28.8 Å². The molecule has 17 heteroatoms. The van der Waals surface area contributed by atoms with Crippen molar-refractivity contribution in [3.05, 3.63) is 116 Å². The largest absolute Gasteiger partial charge is 0.401 e. The van der Waals surface area contributed by atoms with E-state index < -0.39 is 11.6 Å². The first kappa shape index (κ1) is 37.2. The number of aryl methyl sites for hydroxylation is 2. The van der Waals surface area contributed by atoms with Crippen molar-refractivity contribution in [2.24, 2.45) is 25.9 Å². The van der Waals surface area contributed by atoms with Gasteiger partial charge in [0.15, 0.2) is 0 Å². The molecule has 0 spiro atoms. The zero-order valence-corrected chi connectivity index (χ0v) is 30.3. The van der Waals surface area contributed by atoms with Crippen LogP contribution < -0.4 is 20.9 Å². The highest BCUT2D eigenvalue weighted by atomic mass is 19.1. The Morgan fingerprint density at radius 2 is 1.04 bits per heavy atom. The maximum Gasteiger partial charge on any atom is 0.318 e. The van der Waals surface area contributed by atoms with E-state index in [0.29, 0.717) is 66.2 Å². The van der Waals surface area contributed by atoms with Gasteiger partial charge in [-0.2, -0.15) is 10.2 Å². The molecule has 2 aliphatic heterocycles. The fourth-order valence-corrected chi connectivity index (χ4v) is 6.84. The topological polar surface area (TPSA) is 154 Å². The molecule has 2 aromatic carbocycles. The number of halogens is 3. The molecule has 14 nitrogen and oxygen atoms in total. The molecule has 2 saturated heterocycles. The molecule has 6 aromatic rings. The molecule has 0 atom stereocenters. The summed E-state index contributed by atoms with van der Waals surface area (Å²) >= 11 is 0. The van der Waals surface area contributed by atoms with Gasteiger partial charge < -0.3 is 18.6 Å². The summed E-state index contributed by atoms with van der Waals surface area (Å²) in [6.07, 6.45) is 5.18. The van der Waals surface area contributed by atoms with Crippen molar-refractivity contribution < 1.29 is 22.0 Å². The van der Waals surface area contributed by atoms with Crippen molar-refractivity contribution in [2.45, 2.75) is 38.5 Å². The van der Waals surface area contributed by atoms with Crippen molar-refractivity contribution in [1.82, 2.24) is 40.0 Å². The zero-order valence-electron chi connectivity index (χ0n) is 30.3. The van der Waals surface area contributed by atoms with E-state index in [1.165, 1.54) is 39.7 Å². The Bertz CT molecular complexity index is 2340. The maximum absolute atomic E-state index is 13.4. The summed E-state index contributed by atoms with van der Waals surface area (Å²) in [4.78, 5) is 26.9. The van der Waals surface area contributed by atoms with Crippen LogP contribution in [0.2, 0.25) is 0 Å². The molecule has 0 amide bonds. The number of benzene rings is 2. The summed E-state index contributed by atoms with van der Waals surface area (Å²) in [5.74, 6) is 0.123. The molecule has 2 aliphatic rings. The van der Waals surface area contributed by atoms with Crippen molar-refractivity contribution in [2.75, 3.05) is 36.0 Å². The number of rotatable bonds is 8. The van der Waals surface area contributed by atoms with E-state index in [1.807, 2.05) is 11.0 Å². The lowest BCUT2D eigenvalue weighted by molar-refractivity contribution is 0.385. The second-order valence-corrected chi connectivity index (χ2v) is 13.8. The Labute approximate surface area is 313 Å². The second-order valence-electron chi connectivity index (χ2n) is 13.8. The van der Waals surface area contributed by atoms with Crippen LogP contribution in [0.25, 0.3) is 23.2 Å². The predicted octanol–water partition coefficient (Wildman–Crippen LogP) is 5.00. The van der Waals surface area contributed by atoms with Gasteiger partial charge in [-0.05, 0) is 97.9 Å². The van der Waals surface area contributed by atoms with Crippen molar-refractivity contribution in [1.29, 1.82) is 0 Å². The third kappa shape index (κ3) is 9.34. The highest BCUT2D eigenvalue weighted by molar-refractivity contribution is 5.47. The van der Waals surface area contributed by atoms with E-state index in [1.54, 1.807) is 38.4 Å². The van der Waals surface area contributed by atoms with Crippen LogP contribution in [-0.4, -0.2) is 66.1 Å². The van der Waals surface area contributed by atoms with E-state index in [0.717, 1.165) is 56.8 Å². The summed E-state index contributed by atoms with van der Waals surface area (Å²) in [5.41, 5.74) is 2.20. The van der Waals surface area contributed by atoms with E-state index in [-0.39, 0.29) is 22.8 Å². The van der Waals surface area contributed by atoms with Crippen LogP contribution in [0.5, 0.6) is 0 Å². The quantitative estimate of drug-likeness (QED) is 0.206. The molecule has 0 N–H and O–H groups in total. The fraction of sp³-hybridized carbons (Fsp3) is 0.368. The van der Waals surface area contributed by atoms with E-state index in [2.05, 4.69) is 35.5 Å². The van der Waals surface area contributed by atoms with Gasteiger partial charge in [-0.25, -0.2) is 22.5 Å². The van der Waals surface area contributed by atoms with Gasteiger partial charge in [0, 0.05) is 58.5 Å². The molecule has 2 fully saturated rings. The first-order valence-corrected chi connectivity index (χ1v) is 18.0. The molecule has 4 aromatic heterocycles. The molecule has 0 unspecified atom stereocenters. The molecule has 0 bridgehead atoms. The van der Waals surface area contributed by atoms with Gasteiger partial charge in [0.05, 0.1) is 0 Å². The zero-order chi connectivity index (χ0) is 38.5. The van der Waals surface area contributed by atoms with Crippen LogP contribution in [0, 0.1) is 29.3 Å². The number of hydrogen-bond acceptors (Lipinski definition) is 12. The number of hydrogen-bond donors (Lipinski definition) is 0. The number of piperidine rings is 2. The van der Waals surface area contributed by atoms with E-state index >= 15 is 0 Å². The number of aromatic nitrogens is 8. The molecule has 0 radical (unpaired) electrons. The second kappa shape index (κ2) is 16.5. The Morgan fingerprint density at radius 3 is 1.49 bits per heavy atom. The van der Waals surface area contributed by atoms with Gasteiger partial charge in [0.2, 0.25) is 0 Å². The van der Waals surface area contributed by atoms with E-state index in [9.17, 15) is 22.8 Å². The Kier molecular flexibility index (Phi) is 11.1. The van der Waals surface area contributed by atoms with Crippen LogP contribution in [0.3, 0.4) is 0 Å². The molecule has 55 heavy (non-hydrogen) atoms. The minimum atomic E-state index is -0.544. The van der Waals surface area contributed by atoms with Crippen LogP contribution in [-0.2, 0) is 26.9 Å². The molecule has 0 aliphatic carbocycles. The molecule has 6 heterocycles. The summed E-state index contributed by atoms with van der Waals surface area (Å²) in [6, 6.07) is 17.3. The summed E-state index contributed by atoms with van der Waals surface area (Å²) in [6.45, 7) is 3.04. The molecule has 286 valence electrons. The minimum absolute atomic E-state index is 0.185. The van der Waals surface area contributed by atoms with E-state index in [4.69, 9.17) is 8.83 Å². The average molecular weight is 757 g/mol. The normalized spacial score (nSPS) is 15.2. The van der Waals surface area contributed by atoms with Crippen LogP contribution in [0.4, 0.5) is 25.2 Å². The molecule has 8 rings (SSSR count). The van der Waals surface area contributed by atoms with Crippen molar-refractivity contribution in [3.8, 4) is 23.2 Å². The minimum Gasteiger partial charge on any atom is -0.401 e. The average Bonchev–Trinajstić information content (AvgIpc) is 3.86. The highest BCUT2D eigenvalue weighted by Gasteiger charge is 2.25. The predicted molar refractivity (Wildman–Crippen MR) is 196 cm³/mol. The lowest BCUT2D eigenvalue weighted by Crippen LogP contribution is -2.34. The van der Waals surface area contributed by atoms with Gasteiger partial charge in [0.25, 0.3) is 22.9 Å². The first-order chi connectivity index (χ1) is 26.6. The fourth-order valence-electron chi connectivity index (χ4n) is 6.84. The van der Waals surface area contributed by atoms with Gasteiger partial charge >= 0.3 is 12.0 Å². The number of nitrogens with zero attached hydrogens (tertiary/aromatic N) is 10. The Hall–Kier alpha value is -6.13. The third-order valence-electron chi connectivity index (χ3n) is 9.82. The summed E-state index contributed by atoms with van der Waals surface area (Å²) in [5, 5.41) is 24.5. The SMILES string of the molecule is Cn1nc(-c2nnc(N3CCC(Cc4cc(F)cc(F)c4)CC3)o2)ccc1=O.Cn1nc(-c2nnc(N3CCC(Cc4cccc(F)c4)CC3)o2)ccc1=O. The molecule has 0 saturated carbocycles. The van der Waals surface area contributed by atoms with Crippen LogP contribution in [0.1, 0.15) is 36.8 Å². The number of anilines is 2. The lowest BCUT2D eigenvalue weighted by Gasteiger charge is -2.30. The maximum atomic E-state index is 13.4. The standard InChI is InChI=1S/C19H19F2N5O2.C19H20FN5O2/c1-25-17(27)3-2-16(24-25)18-22-23-19(28-18)26-6-4-12(5-7-26)8-13-9-14(20)11-15(21)10-13;1-24-17(26)6-5-16(23-24)18-21-22-19(27-18)25-9-7-13(8-10-25)11-14-3-2-4-15(20)12-14/h2-3,9-12H,4-8H2,1H3;2-6,12-13H,7-11H2,1H3. The van der Waals surface area contributed by atoms with Crippen molar-refractivity contribution in [3.63, 3.8) is 0 Å². The van der Waals surface area contributed by atoms with Gasteiger partial charge in [-0.1, -0.05) is 22.3 Å². The smallest absolute Gasteiger partial charge is 0.318 e. The van der Waals surface area contributed by atoms with Gasteiger partial charge in [-0.3, -0.25) is 9.59 Å². The van der Waals surface area contributed by atoms with Crippen molar-refractivity contribution >= 4 is 12.0 Å². The van der Waals surface area contributed by atoms with Gasteiger partial charge in [-0.15, -0.1) is 10.2 Å². The lowest BCUT2D eigenvalue weighted by atomic mass is 9.90. The van der Waals surface area contributed by atoms with Crippen LogP contribution >= 0.6 is 0 Å². The first-order valence-electron chi connectivity index (χ1n) is 18.0. The highest BCUT2D eigenvalue weighted by Crippen LogP contribution is 2.29. The monoisotopic (exact) mass is 756 g/mol. The molecular formula is C38H39F3N10O4. The Morgan fingerprint density at radius 1 is 0.582 bits per heavy atom. The summed E-state index contributed by atoms with van der Waals surface area (Å²) < 4.78 is 54.0.